The van der Waals surface area contributed by atoms with Crippen LogP contribution in [0.15, 0.2) is 23.6 Å². The summed E-state index contributed by atoms with van der Waals surface area (Å²) in [6, 6.07) is -0.329. The van der Waals surface area contributed by atoms with Crippen molar-refractivity contribution >= 4 is 6.29 Å². The van der Waals surface area contributed by atoms with Gasteiger partial charge in [-0.05, 0) is 12.2 Å². The standard InChI is InChI=1S/C8H12N2O2/c1-12-8-3-6(9)5(4-11)2-7(8)10/h2-6H,9-10H2,1H3. The Morgan fingerprint density at radius 2 is 2.25 bits per heavy atom. The Labute approximate surface area is 70.9 Å². The molecular weight excluding hydrogens is 156 g/mol. The summed E-state index contributed by atoms with van der Waals surface area (Å²) in [5.41, 5.74) is 11.7. The molecular formula is C8H12N2O2. The molecule has 0 saturated carbocycles. The molecule has 0 aromatic heterocycles. The van der Waals surface area contributed by atoms with Gasteiger partial charge in [0.2, 0.25) is 0 Å². The monoisotopic (exact) mass is 168 g/mol. The van der Waals surface area contributed by atoms with E-state index in [4.69, 9.17) is 16.2 Å². The Hall–Kier alpha value is -1.29. The third-order valence-electron chi connectivity index (χ3n) is 1.82. The van der Waals surface area contributed by atoms with E-state index >= 15 is 0 Å². The van der Waals surface area contributed by atoms with Crippen LogP contribution in [0.25, 0.3) is 0 Å². The van der Waals surface area contributed by atoms with Crippen molar-refractivity contribution in [2.75, 3.05) is 7.11 Å². The summed E-state index contributed by atoms with van der Waals surface area (Å²) < 4.78 is 4.94. The van der Waals surface area contributed by atoms with Gasteiger partial charge in [-0.15, -0.1) is 0 Å². The summed E-state index contributed by atoms with van der Waals surface area (Å²) in [4.78, 5) is 10.5. The minimum Gasteiger partial charge on any atom is -0.495 e. The lowest BCUT2D eigenvalue weighted by molar-refractivity contribution is -0.110. The molecule has 0 aliphatic heterocycles. The van der Waals surface area contributed by atoms with Crippen molar-refractivity contribution in [3.8, 4) is 0 Å². The first-order valence-corrected chi connectivity index (χ1v) is 3.63. The van der Waals surface area contributed by atoms with Crippen molar-refractivity contribution in [1.29, 1.82) is 0 Å². The number of hydrogen-bond donors (Lipinski definition) is 2. The van der Waals surface area contributed by atoms with Gasteiger partial charge in [0.1, 0.15) is 12.0 Å². The highest BCUT2D eigenvalue weighted by atomic mass is 16.5. The third kappa shape index (κ3) is 1.48. The molecule has 2 unspecified atom stereocenters. The van der Waals surface area contributed by atoms with Crippen LogP contribution in [-0.2, 0) is 9.53 Å². The molecule has 0 fully saturated rings. The first-order valence-electron chi connectivity index (χ1n) is 3.63. The fourth-order valence-electron chi connectivity index (χ4n) is 1.10. The van der Waals surface area contributed by atoms with Gasteiger partial charge in [0.25, 0.3) is 0 Å². The Kier molecular flexibility index (Phi) is 2.50. The van der Waals surface area contributed by atoms with E-state index in [1.807, 2.05) is 0 Å². The molecule has 12 heavy (non-hydrogen) atoms. The molecule has 1 aliphatic rings. The van der Waals surface area contributed by atoms with E-state index in [2.05, 4.69) is 0 Å². The molecule has 4 heteroatoms. The largest absolute Gasteiger partial charge is 0.495 e. The second-order valence-electron chi connectivity index (χ2n) is 2.65. The van der Waals surface area contributed by atoms with Crippen LogP contribution in [0, 0.1) is 5.92 Å². The number of ether oxygens (including phenoxy) is 1. The highest BCUT2D eigenvalue weighted by Gasteiger charge is 2.20. The second-order valence-corrected chi connectivity index (χ2v) is 2.65. The summed E-state index contributed by atoms with van der Waals surface area (Å²) in [6.45, 7) is 0. The number of hydrogen-bond acceptors (Lipinski definition) is 4. The maximum atomic E-state index is 10.5. The normalized spacial score (nSPS) is 28.8. The number of nitrogens with two attached hydrogens (primary N) is 2. The Morgan fingerprint density at radius 1 is 1.58 bits per heavy atom. The van der Waals surface area contributed by atoms with Gasteiger partial charge in [0.15, 0.2) is 0 Å². The summed E-state index contributed by atoms with van der Waals surface area (Å²) in [5.74, 6) is 0.212. The number of methoxy groups -OCH3 is 1. The Bertz CT molecular complexity index is 245. The van der Waals surface area contributed by atoms with Gasteiger partial charge in [0.05, 0.1) is 18.7 Å². The molecule has 0 radical (unpaired) electrons. The lowest BCUT2D eigenvalue weighted by atomic mass is 9.95. The molecule has 0 aromatic rings. The second kappa shape index (κ2) is 3.40. The van der Waals surface area contributed by atoms with Crippen molar-refractivity contribution < 1.29 is 9.53 Å². The summed E-state index contributed by atoms with van der Waals surface area (Å²) in [6.07, 6.45) is 4.03. The molecule has 0 amide bonds. The SMILES string of the molecule is COC1=CC(N)C(C=O)C=C1N. The zero-order valence-corrected chi connectivity index (χ0v) is 6.86. The van der Waals surface area contributed by atoms with Crippen molar-refractivity contribution in [1.82, 2.24) is 0 Å². The van der Waals surface area contributed by atoms with E-state index in [1.165, 1.54) is 7.11 Å². The molecule has 0 bridgehead atoms. The van der Waals surface area contributed by atoms with E-state index in [-0.39, 0.29) is 12.0 Å². The Morgan fingerprint density at radius 3 is 2.75 bits per heavy atom. The quantitative estimate of drug-likeness (QED) is 0.546. The van der Waals surface area contributed by atoms with Gasteiger partial charge in [-0.2, -0.15) is 0 Å². The third-order valence-corrected chi connectivity index (χ3v) is 1.82. The number of carbonyl (C=O) groups is 1. The fourth-order valence-corrected chi connectivity index (χ4v) is 1.10. The molecule has 0 spiro atoms. The molecule has 66 valence electrons. The lowest BCUT2D eigenvalue weighted by Crippen LogP contribution is -2.32. The van der Waals surface area contributed by atoms with Crippen LogP contribution in [0.3, 0.4) is 0 Å². The number of rotatable bonds is 2. The van der Waals surface area contributed by atoms with Crippen molar-refractivity contribution in [2.45, 2.75) is 6.04 Å². The molecule has 4 N–H and O–H groups in total. The van der Waals surface area contributed by atoms with Crippen LogP contribution in [0.5, 0.6) is 0 Å². The minimum atomic E-state index is -0.330. The van der Waals surface area contributed by atoms with Crippen LogP contribution in [-0.4, -0.2) is 19.4 Å². The summed E-state index contributed by atoms with van der Waals surface area (Å²) in [5, 5.41) is 0. The van der Waals surface area contributed by atoms with Crippen molar-refractivity contribution in [3.63, 3.8) is 0 Å². The Balaban J connectivity index is 2.87. The van der Waals surface area contributed by atoms with Gasteiger partial charge >= 0.3 is 0 Å². The number of aldehydes is 1. The average Bonchev–Trinajstić information content (AvgIpc) is 2.08. The first-order chi connectivity index (χ1) is 5.69. The maximum absolute atomic E-state index is 10.5. The zero-order chi connectivity index (χ0) is 9.14. The highest BCUT2D eigenvalue weighted by Crippen LogP contribution is 2.17. The molecule has 4 nitrogen and oxygen atoms in total. The van der Waals surface area contributed by atoms with Crippen LogP contribution in [0.2, 0.25) is 0 Å². The first kappa shape index (κ1) is 8.80. The maximum Gasteiger partial charge on any atom is 0.139 e. The molecule has 0 heterocycles. The van der Waals surface area contributed by atoms with Gasteiger partial charge in [-0.25, -0.2) is 0 Å². The van der Waals surface area contributed by atoms with E-state index in [0.29, 0.717) is 11.5 Å². The predicted molar refractivity (Wildman–Crippen MR) is 44.9 cm³/mol. The predicted octanol–water partition coefficient (Wildman–Crippen LogP) is -0.485. The van der Waals surface area contributed by atoms with Gasteiger partial charge in [0, 0.05) is 6.04 Å². The van der Waals surface area contributed by atoms with E-state index in [1.54, 1.807) is 12.2 Å². The van der Waals surface area contributed by atoms with Crippen molar-refractivity contribution in [2.24, 2.45) is 17.4 Å². The topological polar surface area (TPSA) is 78.3 Å². The summed E-state index contributed by atoms with van der Waals surface area (Å²) in [7, 11) is 1.51. The van der Waals surface area contributed by atoms with Crippen molar-refractivity contribution in [3.05, 3.63) is 23.6 Å². The molecule has 1 rings (SSSR count). The minimum absolute atomic E-state index is 0.329. The van der Waals surface area contributed by atoms with Gasteiger partial charge < -0.3 is 21.0 Å². The fraction of sp³-hybridized carbons (Fsp3) is 0.375. The van der Waals surface area contributed by atoms with Gasteiger partial charge in [-0.3, -0.25) is 0 Å². The van der Waals surface area contributed by atoms with Crippen LogP contribution >= 0.6 is 0 Å². The van der Waals surface area contributed by atoms with E-state index in [9.17, 15) is 4.79 Å². The smallest absolute Gasteiger partial charge is 0.139 e. The van der Waals surface area contributed by atoms with Gasteiger partial charge in [-0.1, -0.05) is 0 Å². The van der Waals surface area contributed by atoms with E-state index < -0.39 is 0 Å². The molecule has 2 atom stereocenters. The molecule has 0 saturated heterocycles. The molecule has 0 aromatic carbocycles. The van der Waals surface area contributed by atoms with E-state index in [0.717, 1.165) is 6.29 Å². The zero-order valence-electron chi connectivity index (χ0n) is 6.86. The summed E-state index contributed by atoms with van der Waals surface area (Å²) >= 11 is 0. The van der Waals surface area contributed by atoms with Crippen LogP contribution < -0.4 is 11.5 Å². The highest BCUT2D eigenvalue weighted by molar-refractivity contribution is 5.61. The van der Waals surface area contributed by atoms with Crippen LogP contribution in [0.4, 0.5) is 0 Å². The average molecular weight is 168 g/mol. The molecule has 1 aliphatic carbocycles. The number of carbonyl (C=O) groups excluding carboxylic acids is 1. The lowest BCUT2D eigenvalue weighted by Gasteiger charge is -2.20. The van der Waals surface area contributed by atoms with Crippen LogP contribution in [0.1, 0.15) is 0 Å².